The summed E-state index contributed by atoms with van der Waals surface area (Å²) in [5, 5.41) is 2.01. The lowest BCUT2D eigenvalue weighted by molar-refractivity contribution is 0.0783. The Hall–Kier alpha value is -0.780. The average Bonchev–Trinajstić information content (AvgIpc) is 2.74. The van der Waals surface area contributed by atoms with Crippen molar-refractivity contribution in [1.82, 2.24) is 4.90 Å². The Kier molecular flexibility index (Phi) is 4.48. The van der Waals surface area contributed by atoms with E-state index in [2.05, 4.69) is 28.6 Å². The Morgan fingerprint density at radius 1 is 1.44 bits per heavy atom. The molecule has 0 bridgehead atoms. The van der Waals surface area contributed by atoms with Gasteiger partial charge in [0.25, 0.3) is 5.91 Å². The highest BCUT2D eigenvalue weighted by Gasteiger charge is 2.14. The molecule has 0 atom stereocenters. The summed E-state index contributed by atoms with van der Waals surface area (Å²) >= 11 is 9.35. The van der Waals surface area contributed by atoms with Crippen LogP contribution in [0.5, 0.6) is 0 Å². The van der Waals surface area contributed by atoms with E-state index in [0.29, 0.717) is 17.0 Å². The zero-order valence-corrected chi connectivity index (χ0v) is 13.1. The van der Waals surface area contributed by atoms with Crippen LogP contribution in [-0.4, -0.2) is 17.9 Å². The molecule has 2 rings (SSSR count). The van der Waals surface area contributed by atoms with Crippen LogP contribution in [-0.2, 0) is 6.54 Å². The fourth-order valence-electron chi connectivity index (χ4n) is 1.60. The number of carbonyl (C=O) groups is 1. The molecule has 0 radical (unpaired) electrons. The molecule has 0 saturated heterocycles. The maximum Gasteiger partial charge on any atom is 0.255 e. The zero-order valence-electron chi connectivity index (χ0n) is 9.76. The molecular weight excluding hydrogens is 330 g/mol. The average molecular weight is 342 g/mol. The lowest BCUT2D eigenvalue weighted by atomic mass is 10.2. The van der Waals surface area contributed by atoms with Crippen molar-refractivity contribution in [2.75, 3.05) is 7.05 Å². The van der Waals surface area contributed by atoms with Crippen molar-refractivity contribution >= 4 is 45.8 Å². The van der Waals surface area contributed by atoms with Gasteiger partial charge in [0.05, 0.1) is 12.1 Å². The van der Waals surface area contributed by atoms with E-state index in [1.165, 1.54) is 0 Å². The van der Waals surface area contributed by atoms with Crippen molar-refractivity contribution in [3.05, 3.63) is 50.6 Å². The van der Waals surface area contributed by atoms with Gasteiger partial charge in [-0.15, -0.1) is 24.0 Å². The van der Waals surface area contributed by atoms with Crippen LogP contribution < -0.4 is 0 Å². The first kappa shape index (κ1) is 13.6. The Balaban J connectivity index is 2.12. The van der Waals surface area contributed by atoms with E-state index in [-0.39, 0.29) is 5.91 Å². The van der Waals surface area contributed by atoms with Gasteiger partial charge in [0, 0.05) is 26.7 Å². The van der Waals surface area contributed by atoms with E-state index in [1.807, 2.05) is 29.6 Å². The maximum atomic E-state index is 12.2. The number of thiophene rings is 1. The molecule has 0 N–H and O–H groups in total. The van der Waals surface area contributed by atoms with Crippen molar-refractivity contribution < 1.29 is 4.79 Å². The van der Waals surface area contributed by atoms with Crippen LogP contribution in [0, 0.1) is 0 Å². The minimum Gasteiger partial charge on any atom is -0.337 e. The summed E-state index contributed by atoms with van der Waals surface area (Å²) in [7, 11) is 1.80. The molecule has 1 aromatic heterocycles. The molecule has 0 unspecified atom stereocenters. The number of hydrogen-bond donors (Lipinski definition) is 1. The number of amides is 1. The lowest BCUT2D eigenvalue weighted by Crippen LogP contribution is -2.26. The highest BCUT2D eigenvalue weighted by Crippen LogP contribution is 2.22. The molecule has 0 saturated carbocycles. The van der Waals surface area contributed by atoms with Gasteiger partial charge in [0.1, 0.15) is 0 Å². The first-order chi connectivity index (χ1) is 8.58. The topological polar surface area (TPSA) is 20.3 Å². The SMILES string of the molecule is CN(Cc1cc(Br)cs1)C(=O)c1ccccc1S. The molecule has 5 heteroatoms. The fourth-order valence-corrected chi connectivity index (χ4v) is 3.36. The molecule has 0 fully saturated rings. The Labute approximate surface area is 124 Å². The van der Waals surface area contributed by atoms with Crippen LogP contribution >= 0.6 is 39.9 Å². The van der Waals surface area contributed by atoms with Crippen LogP contribution in [0.4, 0.5) is 0 Å². The summed E-state index contributed by atoms with van der Waals surface area (Å²) in [6, 6.07) is 9.37. The van der Waals surface area contributed by atoms with Crippen LogP contribution in [0.2, 0.25) is 0 Å². The summed E-state index contributed by atoms with van der Waals surface area (Å²) in [5.41, 5.74) is 0.638. The third-order valence-electron chi connectivity index (χ3n) is 2.50. The minimum atomic E-state index is -0.00915. The van der Waals surface area contributed by atoms with Gasteiger partial charge in [-0.05, 0) is 34.1 Å². The first-order valence-corrected chi connectivity index (χ1v) is 7.46. The van der Waals surface area contributed by atoms with Crippen molar-refractivity contribution in [3.8, 4) is 0 Å². The molecule has 18 heavy (non-hydrogen) atoms. The second-order valence-electron chi connectivity index (χ2n) is 3.91. The first-order valence-electron chi connectivity index (χ1n) is 5.34. The van der Waals surface area contributed by atoms with Crippen molar-refractivity contribution in [2.45, 2.75) is 11.4 Å². The number of benzene rings is 1. The highest BCUT2D eigenvalue weighted by molar-refractivity contribution is 9.10. The smallest absolute Gasteiger partial charge is 0.255 e. The van der Waals surface area contributed by atoms with Crippen LogP contribution in [0.25, 0.3) is 0 Å². The zero-order chi connectivity index (χ0) is 13.1. The van der Waals surface area contributed by atoms with Crippen molar-refractivity contribution in [1.29, 1.82) is 0 Å². The second kappa shape index (κ2) is 5.91. The van der Waals surface area contributed by atoms with Crippen LogP contribution in [0.3, 0.4) is 0 Å². The summed E-state index contributed by atoms with van der Waals surface area (Å²) in [4.78, 5) is 15.8. The quantitative estimate of drug-likeness (QED) is 0.834. The number of halogens is 1. The number of rotatable bonds is 3. The fraction of sp³-hybridized carbons (Fsp3) is 0.154. The molecule has 1 heterocycles. The molecule has 0 aliphatic rings. The van der Waals surface area contributed by atoms with Gasteiger partial charge in [0.15, 0.2) is 0 Å². The Morgan fingerprint density at radius 2 is 2.17 bits per heavy atom. The number of carbonyl (C=O) groups excluding carboxylic acids is 1. The molecule has 0 aliphatic carbocycles. The van der Waals surface area contributed by atoms with Crippen molar-refractivity contribution in [3.63, 3.8) is 0 Å². The highest BCUT2D eigenvalue weighted by atomic mass is 79.9. The lowest BCUT2D eigenvalue weighted by Gasteiger charge is -2.17. The summed E-state index contributed by atoms with van der Waals surface area (Å²) < 4.78 is 1.05. The molecule has 1 amide bonds. The monoisotopic (exact) mass is 341 g/mol. The molecule has 2 nitrogen and oxygen atoms in total. The molecule has 0 spiro atoms. The molecule has 1 aromatic carbocycles. The molecular formula is C13H12BrNOS2. The van der Waals surface area contributed by atoms with Gasteiger partial charge >= 0.3 is 0 Å². The predicted octanol–water partition coefficient (Wildman–Crippen LogP) is 4.07. The van der Waals surface area contributed by atoms with Gasteiger partial charge in [-0.3, -0.25) is 4.79 Å². The molecule has 94 valence electrons. The van der Waals surface area contributed by atoms with E-state index in [4.69, 9.17) is 0 Å². The normalized spacial score (nSPS) is 10.4. The van der Waals surface area contributed by atoms with Gasteiger partial charge < -0.3 is 4.90 Å². The Morgan fingerprint density at radius 3 is 2.78 bits per heavy atom. The number of nitrogens with zero attached hydrogens (tertiary/aromatic N) is 1. The largest absolute Gasteiger partial charge is 0.337 e. The third kappa shape index (κ3) is 3.16. The van der Waals surface area contributed by atoms with Gasteiger partial charge in [0.2, 0.25) is 0 Å². The van der Waals surface area contributed by atoms with Crippen LogP contribution in [0.1, 0.15) is 15.2 Å². The second-order valence-corrected chi connectivity index (χ2v) is 6.30. The minimum absolute atomic E-state index is 0.00915. The van der Waals surface area contributed by atoms with E-state index in [1.54, 1.807) is 29.4 Å². The van der Waals surface area contributed by atoms with Gasteiger partial charge in [-0.2, -0.15) is 0 Å². The van der Waals surface area contributed by atoms with Gasteiger partial charge in [-0.25, -0.2) is 0 Å². The van der Waals surface area contributed by atoms with Gasteiger partial charge in [-0.1, -0.05) is 12.1 Å². The van der Waals surface area contributed by atoms with E-state index in [9.17, 15) is 4.79 Å². The summed E-state index contributed by atoms with van der Waals surface area (Å²) in [6.07, 6.45) is 0. The van der Waals surface area contributed by atoms with E-state index in [0.717, 1.165) is 9.35 Å². The number of thiol groups is 1. The molecule has 0 aliphatic heterocycles. The summed E-state index contributed by atoms with van der Waals surface area (Å²) in [6.45, 7) is 0.608. The third-order valence-corrected chi connectivity index (χ3v) is 4.57. The maximum absolute atomic E-state index is 12.2. The molecule has 2 aromatic rings. The summed E-state index contributed by atoms with van der Waals surface area (Å²) in [5.74, 6) is -0.00915. The van der Waals surface area contributed by atoms with Crippen molar-refractivity contribution in [2.24, 2.45) is 0 Å². The predicted molar refractivity (Wildman–Crippen MR) is 81.5 cm³/mol. The van der Waals surface area contributed by atoms with E-state index < -0.39 is 0 Å². The standard InChI is InChI=1S/C13H12BrNOS2/c1-15(7-10-6-9(14)8-18-10)13(16)11-4-2-3-5-12(11)17/h2-6,8,17H,7H2,1H3. The Bertz CT molecular complexity index is 568. The van der Waals surface area contributed by atoms with Crippen LogP contribution in [0.15, 0.2) is 45.1 Å². The number of hydrogen-bond acceptors (Lipinski definition) is 3. The van der Waals surface area contributed by atoms with E-state index >= 15 is 0 Å².